The maximum Gasteiger partial charge on any atom is 0.228 e. The van der Waals surface area contributed by atoms with Crippen molar-refractivity contribution in [2.75, 3.05) is 5.75 Å². The first kappa shape index (κ1) is 11.2. The molecule has 90 valence electrons. The van der Waals surface area contributed by atoms with E-state index in [0.717, 1.165) is 16.3 Å². The highest BCUT2D eigenvalue weighted by molar-refractivity contribution is 7.99. The number of rotatable bonds is 3. The van der Waals surface area contributed by atoms with E-state index in [0.29, 0.717) is 17.0 Å². The normalized spacial score (nSPS) is 10.9. The third-order valence-electron chi connectivity index (χ3n) is 2.41. The van der Waals surface area contributed by atoms with Crippen molar-refractivity contribution >= 4 is 22.9 Å². The Kier molecular flexibility index (Phi) is 2.93. The van der Waals surface area contributed by atoms with Crippen molar-refractivity contribution in [2.45, 2.75) is 11.9 Å². The maximum atomic E-state index is 4.73. The Balaban J connectivity index is 2.19. The third kappa shape index (κ3) is 1.95. The van der Waals surface area contributed by atoms with E-state index in [-0.39, 0.29) is 0 Å². The van der Waals surface area contributed by atoms with Crippen LogP contribution < -0.4 is 0 Å². The number of aromatic nitrogens is 4. The molecule has 0 bridgehead atoms. The molecule has 0 atom stereocenters. The molecule has 0 aliphatic rings. The lowest BCUT2D eigenvalue weighted by molar-refractivity contribution is 0.314. The standard InChI is InChI=1S/C12H10N4OS/c1-2-18-12-9-11(16-17-15-9)13-10(14-12)8-6-4-3-5-7-8/h3-7H,2H2,1H3. The Morgan fingerprint density at radius 1 is 1.11 bits per heavy atom. The molecule has 2 aromatic heterocycles. The predicted octanol–water partition coefficient (Wildman–Crippen LogP) is 2.79. The zero-order chi connectivity index (χ0) is 12.4. The van der Waals surface area contributed by atoms with Gasteiger partial charge in [0.15, 0.2) is 11.3 Å². The summed E-state index contributed by atoms with van der Waals surface area (Å²) in [6, 6.07) is 9.80. The van der Waals surface area contributed by atoms with E-state index in [1.807, 2.05) is 30.3 Å². The van der Waals surface area contributed by atoms with Gasteiger partial charge in [0.2, 0.25) is 5.65 Å². The summed E-state index contributed by atoms with van der Waals surface area (Å²) in [5, 5.41) is 8.45. The summed E-state index contributed by atoms with van der Waals surface area (Å²) >= 11 is 1.60. The second-order valence-electron chi connectivity index (χ2n) is 3.59. The summed E-state index contributed by atoms with van der Waals surface area (Å²) in [4.78, 5) is 8.88. The number of thioether (sulfide) groups is 1. The Hall–Kier alpha value is -1.95. The lowest BCUT2D eigenvalue weighted by atomic mass is 10.2. The molecule has 0 aliphatic heterocycles. The molecule has 1 aromatic carbocycles. The molecule has 18 heavy (non-hydrogen) atoms. The average molecular weight is 258 g/mol. The minimum absolute atomic E-state index is 0.500. The van der Waals surface area contributed by atoms with Crippen molar-refractivity contribution in [1.29, 1.82) is 0 Å². The summed E-state index contributed by atoms with van der Waals surface area (Å²) in [6.07, 6.45) is 0. The van der Waals surface area contributed by atoms with Crippen LogP contribution in [0.2, 0.25) is 0 Å². The van der Waals surface area contributed by atoms with Crippen LogP contribution in [0.3, 0.4) is 0 Å². The summed E-state index contributed by atoms with van der Waals surface area (Å²) in [6.45, 7) is 2.06. The monoisotopic (exact) mass is 258 g/mol. The molecule has 0 amide bonds. The van der Waals surface area contributed by atoms with Gasteiger partial charge in [-0.25, -0.2) is 14.6 Å². The van der Waals surface area contributed by atoms with Crippen LogP contribution in [0.1, 0.15) is 6.92 Å². The first-order valence-electron chi connectivity index (χ1n) is 5.57. The van der Waals surface area contributed by atoms with E-state index >= 15 is 0 Å². The molecule has 2 heterocycles. The Labute approximate surface area is 108 Å². The van der Waals surface area contributed by atoms with E-state index in [4.69, 9.17) is 4.63 Å². The van der Waals surface area contributed by atoms with Crippen LogP contribution in [0.5, 0.6) is 0 Å². The van der Waals surface area contributed by atoms with Gasteiger partial charge in [0, 0.05) is 5.56 Å². The molecule has 0 unspecified atom stereocenters. The highest BCUT2D eigenvalue weighted by atomic mass is 32.2. The van der Waals surface area contributed by atoms with Gasteiger partial charge in [-0.3, -0.25) is 0 Å². The lowest BCUT2D eigenvalue weighted by Gasteiger charge is -2.02. The third-order valence-corrected chi connectivity index (χ3v) is 3.25. The molecule has 0 saturated carbocycles. The largest absolute Gasteiger partial charge is 0.242 e. The van der Waals surface area contributed by atoms with Gasteiger partial charge >= 0.3 is 0 Å². The van der Waals surface area contributed by atoms with E-state index in [2.05, 4.69) is 27.2 Å². The van der Waals surface area contributed by atoms with Gasteiger partial charge < -0.3 is 0 Å². The highest BCUT2D eigenvalue weighted by Crippen LogP contribution is 2.25. The van der Waals surface area contributed by atoms with Gasteiger partial charge in [0.25, 0.3) is 0 Å². The second kappa shape index (κ2) is 4.73. The smallest absolute Gasteiger partial charge is 0.228 e. The molecule has 0 aliphatic carbocycles. The van der Waals surface area contributed by atoms with Crippen LogP contribution in [0.4, 0.5) is 0 Å². The van der Waals surface area contributed by atoms with Gasteiger partial charge in [-0.1, -0.05) is 37.3 Å². The molecule has 6 heteroatoms. The first-order valence-corrected chi connectivity index (χ1v) is 6.55. The molecule has 0 saturated heterocycles. The number of hydrogen-bond acceptors (Lipinski definition) is 6. The van der Waals surface area contributed by atoms with Crippen molar-refractivity contribution in [2.24, 2.45) is 0 Å². The van der Waals surface area contributed by atoms with Crippen molar-refractivity contribution in [3.8, 4) is 11.4 Å². The van der Waals surface area contributed by atoms with Gasteiger partial charge in [0.1, 0.15) is 5.03 Å². The van der Waals surface area contributed by atoms with E-state index < -0.39 is 0 Å². The highest BCUT2D eigenvalue weighted by Gasteiger charge is 2.13. The predicted molar refractivity (Wildman–Crippen MR) is 69.2 cm³/mol. The van der Waals surface area contributed by atoms with Crippen molar-refractivity contribution in [3.63, 3.8) is 0 Å². The SMILES string of the molecule is CCSc1nc(-c2ccccc2)nc2nonc12. The minimum Gasteiger partial charge on any atom is -0.242 e. The first-order chi connectivity index (χ1) is 8.88. The zero-order valence-corrected chi connectivity index (χ0v) is 10.5. The quantitative estimate of drug-likeness (QED) is 0.531. The van der Waals surface area contributed by atoms with Crippen molar-refractivity contribution in [3.05, 3.63) is 30.3 Å². The summed E-state index contributed by atoms with van der Waals surface area (Å²) in [5.74, 6) is 1.56. The molecular weight excluding hydrogens is 248 g/mol. The lowest BCUT2D eigenvalue weighted by Crippen LogP contribution is -1.93. The van der Waals surface area contributed by atoms with Crippen LogP contribution in [0, 0.1) is 0 Å². The topological polar surface area (TPSA) is 64.7 Å². The molecule has 0 N–H and O–H groups in total. The summed E-state index contributed by atoms with van der Waals surface area (Å²) in [5.41, 5.74) is 2.08. The number of fused-ring (bicyclic) bond motifs is 1. The van der Waals surface area contributed by atoms with Gasteiger partial charge in [-0.15, -0.1) is 11.8 Å². The van der Waals surface area contributed by atoms with E-state index in [1.165, 1.54) is 0 Å². The van der Waals surface area contributed by atoms with Crippen LogP contribution in [0.25, 0.3) is 22.6 Å². The van der Waals surface area contributed by atoms with Crippen molar-refractivity contribution < 1.29 is 4.63 Å². The van der Waals surface area contributed by atoms with Crippen LogP contribution in [-0.2, 0) is 0 Å². The van der Waals surface area contributed by atoms with Gasteiger partial charge in [-0.2, -0.15) is 0 Å². The Morgan fingerprint density at radius 2 is 1.94 bits per heavy atom. The molecule has 3 rings (SSSR count). The van der Waals surface area contributed by atoms with Crippen LogP contribution >= 0.6 is 11.8 Å². The van der Waals surface area contributed by atoms with Crippen LogP contribution in [-0.4, -0.2) is 26.0 Å². The van der Waals surface area contributed by atoms with Gasteiger partial charge in [-0.05, 0) is 16.1 Å². The summed E-state index contributed by atoms with van der Waals surface area (Å²) < 4.78 is 4.73. The Bertz CT molecular complexity index is 668. The Morgan fingerprint density at radius 3 is 2.72 bits per heavy atom. The fourth-order valence-electron chi connectivity index (χ4n) is 1.62. The van der Waals surface area contributed by atoms with E-state index in [9.17, 15) is 0 Å². The molecule has 5 nitrogen and oxygen atoms in total. The number of benzene rings is 1. The summed E-state index contributed by atoms with van der Waals surface area (Å²) in [7, 11) is 0. The second-order valence-corrected chi connectivity index (χ2v) is 4.84. The number of nitrogens with zero attached hydrogens (tertiary/aromatic N) is 4. The molecule has 3 aromatic rings. The fraction of sp³-hybridized carbons (Fsp3) is 0.167. The van der Waals surface area contributed by atoms with Gasteiger partial charge in [0.05, 0.1) is 0 Å². The fourth-order valence-corrected chi connectivity index (χ4v) is 2.31. The van der Waals surface area contributed by atoms with Crippen molar-refractivity contribution in [1.82, 2.24) is 20.3 Å². The molecule has 0 spiro atoms. The average Bonchev–Trinajstić information content (AvgIpc) is 2.88. The van der Waals surface area contributed by atoms with E-state index in [1.54, 1.807) is 11.8 Å². The molecule has 0 radical (unpaired) electrons. The number of hydrogen-bond donors (Lipinski definition) is 0. The maximum absolute atomic E-state index is 4.73. The minimum atomic E-state index is 0.500. The molecular formula is C12H10N4OS. The van der Waals surface area contributed by atoms with Crippen LogP contribution in [0.15, 0.2) is 40.0 Å². The molecule has 0 fully saturated rings. The zero-order valence-electron chi connectivity index (χ0n) is 9.70.